The van der Waals surface area contributed by atoms with Gasteiger partial charge in [-0.05, 0) is 0 Å². The third-order valence-electron chi connectivity index (χ3n) is 1.97. The van der Waals surface area contributed by atoms with Gasteiger partial charge in [0.1, 0.15) is 0 Å². The molecule has 2 unspecified atom stereocenters. The average Bonchev–Trinajstić information content (AvgIpc) is 2.52. The van der Waals surface area contributed by atoms with Crippen LogP contribution in [0.3, 0.4) is 0 Å². The van der Waals surface area contributed by atoms with Crippen LogP contribution in [0.25, 0.3) is 0 Å². The summed E-state index contributed by atoms with van der Waals surface area (Å²) >= 11 is 5.60. The van der Waals surface area contributed by atoms with Crippen LogP contribution < -0.4 is 0 Å². The molecule has 1 rings (SSSR count). The minimum atomic E-state index is -0.346. The van der Waals surface area contributed by atoms with E-state index in [9.17, 15) is 0 Å². The van der Waals surface area contributed by atoms with Gasteiger partial charge in [0.2, 0.25) is 0 Å². The van der Waals surface area contributed by atoms with Crippen molar-refractivity contribution in [1.29, 1.82) is 0 Å². The van der Waals surface area contributed by atoms with E-state index in [-0.39, 0.29) is 24.4 Å². The molecule has 0 amide bonds. The molecular formula is C8H15ClO3. The molecule has 0 aromatic heterocycles. The fourth-order valence-corrected chi connectivity index (χ4v) is 1.18. The van der Waals surface area contributed by atoms with Gasteiger partial charge in [0, 0.05) is 5.41 Å². The Kier molecular flexibility index (Phi) is 3.35. The fourth-order valence-electron chi connectivity index (χ4n) is 1.01. The van der Waals surface area contributed by atoms with Gasteiger partial charge in [0.15, 0.2) is 6.29 Å². The van der Waals surface area contributed by atoms with E-state index in [1.807, 2.05) is 13.8 Å². The van der Waals surface area contributed by atoms with E-state index < -0.39 is 0 Å². The maximum atomic E-state index is 9.02. The Labute approximate surface area is 77.6 Å². The molecule has 0 aromatic carbocycles. The summed E-state index contributed by atoms with van der Waals surface area (Å²) in [5.41, 5.74) is -0.346. The Balaban J connectivity index is 2.46. The second-order valence-corrected chi connectivity index (χ2v) is 4.03. The highest BCUT2D eigenvalue weighted by Gasteiger charge is 2.37. The van der Waals surface area contributed by atoms with Gasteiger partial charge >= 0.3 is 0 Å². The number of hydrogen-bond acceptors (Lipinski definition) is 3. The van der Waals surface area contributed by atoms with E-state index in [2.05, 4.69) is 0 Å². The van der Waals surface area contributed by atoms with Crippen molar-refractivity contribution < 1.29 is 14.6 Å². The van der Waals surface area contributed by atoms with E-state index in [0.29, 0.717) is 12.5 Å². The Morgan fingerprint density at radius 1 is 1.58 bits per heavy atom. The van der Waals surface area contributed by atoms with Gasteiger partial charge < -0.3 is 14.6 Å². The van der Waals surface area contributed by atoms with Crippen LogP contribution in [-0.4, -0.2) is 36.6 Å². The molecule has 0 aromatic rings. The quantitative estimate of drug-likeness (QED) is 0.681. The molecule has 0 saturated carbocycles. The minimum absolute atomic E-state index is 0.0255. The molecule has 1 N–H and O–H groups in total. The Hall–Kier alpha value is 0.170. The predicted octanol–water partition coefficient (Wildman–Crippen LogP) is 0.985. The highest BCUT2D eigenvalue weighted by molar-refractivity contribution is 6.18. The first-order valence-corrected chi connectivity index (χ1v) is 4.57. The summed E-state index contributed by atoms with van der Waals surface area (Å²) in [7, 11) is 0. The van der Waals surface area contributed by atoms with E-state index in [4.69, 9.17) is 26.2 Å². The fraction of sp³-hybridized carbons (Fsp3) is 1.00. The van der Waals surface area contributed by atoms with Gasteiger partial charge in [-0.1, -0.05) is 13.8 Å². The number of aliphatic hydroxyl groups is 1. The average molecular weight is 195 g/mol. The van der Waals surface area contributed by atoms with Crippen LogP contribution in [0.1, 0.15) is 13.8 Å². The highest BCUT2D eigenvalue weighted by Crippen LogP contribution is 2.29. The van der Waals surface area contributed by atoms with Crippen LogP contribution >= 0.6 is 11.6 Å². The molecule has 2 atom stereocenters. The second kappa shape index (κ2) is 3.92. The van der Waals surface area contributed by atoms with Crippen molar-refractivity contribution in [3.63, 3.8) is 0 Å². The lowest BCUT2D eigenvalue weighted by atomic mass is 9.94. The number of alkyl halides is 1. The number of rotatable bonds is 3. The number of ether oxygens (including phenoxy) is 2. The van der Waals surface area contributed by atoms with Gasteiger partial charge in [-0.2, -0.15) is 0 Å². The summed E-state index contributed by atoms with van der Waals surface area (Å²) in [6.07, 6.45) is -0.353. The van der Waals surface area contributed by atoms with Crippen molar-refractivity contribution in [1.82, 2.24) is 0 Å². The van der Waals surface area contributed by atoms with E-state index in [0.717, 1.165) is 0 Å². The highest BCUT2D eigenvalue weighted by atomic mass is 35.5. The summed E-state index contributed by atoms with van der Waals surface area (Å²) in [4.78, 5) is 0. The van der Waals surface area contributed by atoms with Crippen LogP contribution in [0.4, 0.5) is 0 Å². The van der Waals surface area contributed by atoms with Gasteiger partial charge in [-0.15, -0.1) is 11.6 Å². The van der Waals surface area contributed by atoms with Crippen molar-refractivity contribution >= 4 is 11.6 Å². The molecule has 12 heavy (non-hydrogen) atoms. The molecule has 1 aliphatic rings. The molecule has 1 heterocycles. The molecule has 0 spiro atoms. The number of halogens is 1. The molecule has 0 radical (unpaired) electrons. The minimum Gasteiger partial charge on any atom is -0.396 e. The first-order valence-electron chi connectivity index (χ1n) is 4.04. The first-order chi connectivity index (χ1) is 5.60. The molecule has 1 aliphatic heterocycles. The summed E-state index contributed by atoms with van der Waals surface area (Å²) in [5.74, 6) is 0.442. The molecule has 1 saturated heterocycles. The smallest absolute Gasteiger partial charge is 0.165 e. The second-order valence-electron chi connectivity index (χ2n) is 3.72. The lowest BCUT2D eigenvalue weighted by molar-refractivity contribution is -0.142. The lowest BCUT2D eigenvalue weighted by Gasteiger charge is -2.27. The molecule has 0 bridgehead atoms. The van der Waals surface area contributed by atoms with E-state index >= 15 is 0 Å². The molecule has 72 valence electrons. The zero-order valence-corrected chi connectivity index (χ0v) is 8.17. The monoisotopic (exact) mass is 194 g/mol. The maximum absolute atomic E-state index is 9.02. The van der Waals surface area contributed by atoms with Crippen LogP contribution in [0, 0.1) is 5.41 Å². The molecular weight excluding hydrogens is 180 g/mol. The Bertz CT molecular complexity index is 149. The molecule has 3 nitrogen and oxygen atoms in total. The third-order valence-corrected chi connectivity index (χ3v) is 2.31. The standard InChI is InChI=1S/C8H15ClO3/c1-8(2,5-10)7-11-4-6(3-9)12-7/h6-7,10H,3-5H2,1-2H3. The summed E-state index contributed by atoms with van der Waals surface area (Å²) < 4.78 is 10.8. The van der Waals surface area contributed by atoms with E-state index in [1.165, 1.54) is 0 Å². The first kappa shape index (κ1) is 10.3. The van der Waals surface area contributed by atoms with Gasteiger partial charge in [-0.25, -0.2) is 0 Å². The van der Waals surface area contributed by atoms with Gasteiger partial charge in [0.25, 0.3) is 0 Å². The Morgan fingerprint density at radius 3 is 2.67 bits per heavy atom. The summed E-state index contributed by atoms with van der Waals surface area (Å²) in [6, 6.07) is 0. The van der Waals surface area contributed by atoms with Crippen molar-refractivity contribution in [2.75, 3.05) is 19.1 Å². The summed E-state index contributed by atoms with van der Waals surface area (Å²) in [6.45, 7) is 4.37. The number of aliphatic hydroxyl groups excluding tert-OH is 1. The largest absolute Gasteiger partial charge is 0.396 e. The SMILES string of the molecule is CC(C)(CO)C1OCC(CCl)O1. The molecule has 0 aliphatic carbocycles. The zero-order valence-electron chi connectivity index (χ0n) is 7.42. The van der Waals surface area contributed by atoms with Gasteiger partial charge in [-0.3, -0.25) is 0 Å². The molecule has 1 fully saturated rings. The predicted molar refractivity (Wildman–Crippen MR) is 46.2 cm³/mol. The number of hydrogen-bond donors (Lipinski definition) is 1. The normalized spacial score (nSPS) is 31.0. The van der Waals surface area contributed by atoms with Crippen molar-refractivity contribution in [3.05, 3.63) is 0 Å². The Morgan fingerprint density at radius 2 is 2.25 bits per heavy atom. The van der Waals surface area contributed by atoms with Crippen molar-refractivity contribution in [2.24, 2.45) is 5.41 Å². The van der Waals surface area contributed by atoms with Crippen LogP contribution in [0.15, 0.2) is 0 Å². The van der Waals surface area contributed by atoms with Crippen LogP contribution in [0.2, 0.25) is 0 Å². The van der Waals surface area contributed by atoms with Crippen molar-refractivity contribution in [2.45, 2.75) is 26.2 Å². The zero-order chi connectivity index (χ0) is 9.19. The third kappa shape index (κ3) is 2.10. The maximum Gasteiger partial charge on any atom is 0.165 e. The molecule has 4 heteroatoms. The van der Waals surface area contributed by atoms with Gasteiger partial charge in [0.05, 0.1) is 25.2 Å². The topological polar surface area (TPSA) is 38.7 Å². The van der Waals surface area contributed by atoms with Crippen LogP contribution in [-0.2, 0) is 9.47 Å². The van der Waals surface area contributed by atoms with E-state index in [1.54, 1.807) is 0 Å². The van der Waals surface area contributed by atoms with Crippen LogP contribution in [0.5, 0.6) is 0 Å². The summed E-state index contributed by atoms with van der Waals surface area (Å²) in [5, 5.41) is 9.02. The van der Waals surface area contributed by atoms with Crippen molar-refractivity contribution in [3.8, 4) is 0 Å². The lowest BCUT2D eigenvalue weighted by Crippen LogP contribution is -2.34.